The molecule has 2 aliphatic heterocycles. The van der Waals surface area contributed by atoms with Crippen LogP contribution in [0, 0.1) is 6.92 Å². The second-order valence-electron chi connectivity index (χ2n) is 9.62. The fourth-order valence-electron chi connectivity index (χ4n) is 5.28. The Hall–Kier alpha value is -3.11. The van der Waals surface area contributed by atoms with Crippen LogP contribution in [0.15, 0.2) is 24.4 Å². The van der Waals surface area contributed by atoms with Crippen LogP contribution < -0.4 is 9.64 Å². The zero-order valence-corrected chi connectivity index (χ0v) is 21.1. The zero-order valence-electron chi connectivity index (χ0n) is 21.1. The van der Waals surface area contributed by atoms with Crippen molar-refractivity contribution in [3.8, 4) is 11.8 Å². The van der Waals surface area contributed by atoms with Crippen LogP contribution in [0.3, 0.4) is 0 Å². The zero-order chi connectivity index (χ0) is 25.2. The number of likely N-dealkylation sites (tertiary alicyclic amines) is 1. The van der Waals surface area contributed by atoms with Crippen molar-refractivity contribution in [1.29, 1.82) is 0 Å². The number of anilines is 1. The third kappa shape index (κ3) is 4.92. The molecular weight excluding hydrogens is 463 g/mol. The number of alkyl halides is 1. The van der Waals surface area contributed by atoms with Gasteiger partial charge < -0.3 is 19.3 Å². The number of halogens is 1. The minimum Gasteiger partial charge on any atom is -0.467 e. The summed E-state index contributed by atoms with van der Waals surface area (Å²) in [4.78, 5) is 25.2. The molecule has 1 unspecified atom stereocenters. The van der Waals surface area contributed by atoms with E-state index in [1.807, 2.05) is 21.8 Å². The molecule has 0 amide bonds. The summed E-state index contributed by atoms with van der Waals surface area (Å²) in [7, 11) is 1.54. The van der Waals surface area contributed by atoms with Crippen molar-refractivity contribution in [2.45, 2.75) is 38.7 Å². The maximum Gasteiger partial charge on any atom is 0.320 e. The molecular formula is C26H33FN6O3. The van der Waals surface area contributed by atoms with Gasteiger partial charge in [-0.3, -0.25) is 4.79 Å². The van der Waals surface area contributed by atoms with E-state index in [2.05, 4.69) is 39.0 Å². The van der Waals surface area contributed by atoms with Crippen molar-refractivity contribution >= 4 is 22.5 Å². The van der Waals surface area contributed by atoms with Crippen LogP contribution in [-0.4, -0.2) is 89.7 Å². The number of rotatable bonds is 7. The van der Waals surface area contributed by atoms with Crippen molar-refractivity contribution < 1.29 is 18.7 Å². The second kappa shape index (κ2) is 10.5. The van der Waals surface area contributed by atoms with Crippen molar-refractivity contribution in [2.75, 3.05) is 58.0 Å². The minimum atomic E-state index is -0.476. The molecule has 0 saturated carbocycles. The Balaban J connectivity index is 1.48. The van der Waals surface area contributed by atoms with E-state index >= 15 is 0 Å². The Morgan fingerprint density at radius 1 is 1.17 bits per heavy atom. The summed E-state index contributed by atoms with van der Waals surface area (Å²) in [6.07, 6.45) is 3.40. The number of aromatic nitrogens is 4. The molecule has 1 aromatic carbocycles. The number of piperidine rings is 1. The van der Waals surface area contributed by atoms with Gasteiger partial charge in [0.1, 0.15) is 18.6 Å². The number of carbonyl (C=O) groups is 1. The highest BCUT2D eigenvalue weighted by Gasteiger charge is 2.27. The number of benzene rings is 1. The highest BCUT2D eigenvalue weighted by Crippen LogP contribution is 2.34. The lowest BCUT2D eigenvalue weighted by Crippen LogP contribution is -2.45. The van der Waals surface area contributed by atoms with Gasteiger partial charge in [-0.2, -0.15) is 15.1 Å². The Morgan fingerprint density at radius 3 is 2.67 bits per heavy atom. The third-order valence-electron chi connectivity index (χ3n) is 7.31. The Morgan fingerprint density at radius 2 is 1.94 bits per heavy atom. The molecule has 0 radical (unpaired) electrons. The standard InChI is InChI=1S/C26H33FN6O3/c1-17-12-20-15-28-33(22(20)13-21(17)19-4-7-31(8-5-19)9-6-27)25-14-24(29-26(30-25)35-3)32-10-11-36-23(16-32)18(2)34/h12-15,19,23H,4-11,16H2,1-3H3. The fraction of sp³-hybridized carbons (Fsp3) is 0.538. The van der Waals surface area contributed by atoms with Crippen LogP contribution >= 0.6 is 0 Å². The molecule has 0 spiro atoms. The van der Waals surface area contributed by atoms with Crippen molar-refractivity contribution in [3.05, 3.63) is 35.5 Å². The number of ether oxygens (including phenoxy) is 2. The molecule has 9 nitrogen and oxygen atoms in total. The van der Waals surface area contributed by atoms with E-state index in [4.69, 9.17) is 9.47 Å². The predicted octanol–water partition coefficient (Wildman–Crippen LogP) is 3.08. The molecule has 2 saturated heterocycles. The molecule has 2 aromatic heterocycles. The van der Waals surface area contributed by atoms with Gasteiger partial charge in [-0.05, 0) is 69.0 Å². The van der Waals surface area contributed by atoms with Crippen molar-refractivity contribution in [3.63, 3.8) is 0 Å². The monoisotopic (exact) mass is 496 g/mol. The normalized spacial score (nSPS) is 19.7. The lowest BCUT2D eigenvalue weighted by molar-refractivity contribution is -0.128. The number of nitrogens with zero attached hydrogens (tertiary/aromatic N) is 6. The van der Waals surface area contributed by atoms with E-state index < -0.39 is 6.10 Å². The number of hydrogen-bond donors (Lipinski definition) is 0. The first-order valence-corrected chi connectivity index (χ1v) is 12.5. The van der Waals surface area contributed by atoms with Gasteiger partial charge in [0.25, 0.3) is 0 Å². The summed E-state index contributed by atoms with van der Waals surface area (Å²) in [5.41, 5.74) is 3.52. The number of hydrogen-bond acceptors (Lipinski definition) is 8. The van der Waals surface area contributed by atoms with Gasteiger partial charge in [0.2, 0.25) is 0 Å². The van der Waals surface area contributed by atoms with Gasteiger partial charge >= 0.3 is 6.01 Å². The van der Waals surface area contributed by atoms with Crippen LogP contribution in [0.5, 0.6) is 6.01 Å². The van der Waals surface area contributed by atoms with Crippen molar-refractivity contribution in [1.82, 2.24) is 24.6 Å². The average molecular weight is 497 g/mol. The Labute approximate surface area is 210 Å². The van der Waals surface area contributed by atoms with E-state index in [0.29, 0.717) is 43.8 Å². The number of morpholine rings is 1. The number of fused-ring (bicyclic) bond motifs is 1. The molecule has 0 aliphatic carbocycles. The Bertz CT molecular complexity index is 1240. The maximum atomic E-state index is 12.8. The summed E-state index contributed by atoms with van der Waals surface area (Å²) >= 11 is 0. The highest BCUT2D eigenvalue weighted by molar-refractivity contribution is 5.82. The van der Waals surface area contributed by atoms with Gasteiger partial charge in [-0.25, -0.2) is 9.07 Å². The highest BCUT2D eigenvalue weighted by atomic mass is 19.1. The predicted molar refractivity (Wildman–Crippen MR) is 135 cm³/mol. The number of Topliss-reactive ketones (excluding diaryl/α,β-unsaturated/α-hetero) is 1. The lowest BCUT2D eigenvalue weighted by atomic mass is 9.86. The maximum absolute atomic E-state index is 12.8. The summed E-state index contributed by atoms with van der Waals surface area (Å²) < 4.78 is 25.6. The van der Waals surface area contributed by atoms with E-state index in [0.717, 1.165) is 36.8 Å². The average Bonchev–Trinajstić information content (AvgIpc) is 3.31. The first-order valence-electron chi connectivity index (χ1n) is 12.5. The quantitative estimate of drug-likeness (QED) is 0.493. The molecule has 3 aromatic rings. The molecule has 5 rings (SSSR count). The Kier molecular flexibility index (Phi) is 7.15. The molecule has 10 heteroatoms. The van der Waals surface area contributed by atoms with E-state index in [9.17, 15) is 9.18 Å². The van der Waals surface area contributed by atoms with E-state index in [1.165, 1.54) is 11.1 Å². The largest absolute Gasteiger partial charge is 0.467 e. The van der Waals surface area contributed by atoms with E-state index in [-0.39, 0.29) is 18.5 Å². The number of aryl methyl sites for hydroxylation is 1. The van der Waals surface area contributed by atoms with Crippen LogP contribution in [0.2, 0.25) is 0 Å². The lowest BCUT2D eigenvalue weighted by Gasteiger charge is -2.32. The number of ketones is 1. The summed E-state index contributed by atoms with van der Waals surface area (Å²) in [5, 5.41) is 5.69. The smallest absolute Gasteiger partial charge is 0.320 e. The van der Waals surface area contributed by atoms with Crippen LogP contribution in [0.25, 0.3) is 16.7 Å². The van der Waals surface area contributed by atoms with Gasteiger partial charge in [-0.1, -0.05) is 0 Å². The summed E-state index contributed by atoms with van der Waals surface area (Å²) in [5.74, 6) is 1.70. The molecule has 1 atom stereocenters. The van der Waals surface area contributed by atoms with Crippen LogP contribution in [0.4, 0.5) is 10.2 Å². The number of carbonyl (C=O) groups excluding carboxylic acids is 1. The van der Waals surface area contributed by atoms with Crippen molar-refractivity contribution in [2.24, 2.45) is 0 Å². The SMILES string of the molecule is COc1nc(N2CCOC(C(C)=O)C2)cc(-n2ncc3cc(C)c(C4CCN(CCF)CC4)cc32)n1. The molecule has 2 aliphatic rings. The van der Waals surface area contributed by atoms with Crippen LogP contribution in [0.1, 0.15) is 36.8 Å². The molecule has 36 heavy (non-hydrogen) atoms. The molecule has 192 valence electrons. The first kappa shape index (κ1) is 24.6. The first-order chi connectivity index (χ1) is 17.5. The van der Waals surface area contributed by atoms with E-state index in [1.54, 1.807) is 14.0 Å². The second-order valence-corrected chi connectivity index (χ2v) is 9.62. The molecule has 0 bridgehead atoms. The third-order valence-corrected chi connectivity index (χ3v) is 7.31. The van der Waals surface area contributed by atoms with Gasteiger partial charge in [-0.15, -0.1) is 0 Å². The van der Waals surface area contributed by atoms with Gasteiger partial charge in [0, 0.05) is 24.5 Å². The summed E-state index contributed by atoms with van der Waals surface area (Å²) in [6, 6.07) is 6.53. The molecule has 0 N–H and O–H groups in total. The number of methoxy groups -OCH3 is 1. The molecule has 2 fully saturated rings. The molecule has 4 heterocycles. The summed E-state index contributed by atoms with van der Waals surface area (Å²) in [6.45, 7) is 7.24. The van der Waals surface area contributed by atoms with Gasteiger partial charge in [0.15, 0.2) is 11.6 Å². The fourth-order valence-corrected chi connectivity index (χ4v) is 5.28. The minimum absolute atomic E-state index is 0.00237. The van der Waals surface area contributed by atoms with Crippen LogP contribution in [-0.2, 0) is 9.53 Å². The van der Waals surface area contributed by atoms with Gasteiger partial charge in [0.05, 0.1) is 32.0 Å². The topological polar surface area (TPSA) is 85.6 Å².